The summed E-state index contributed by atoms with van der Waals surface area (Å²) < 4.78 is 28.5. The fourth-order valence-corrected chi connectivity index (χ4v) is 4.37. The number of benzene rings is 1. The van der Waals surface area contributed by atoms with Crippen LogP contribution in [0.2, 0.25) is 5.02 Å². The highest BCUT2D eigenvalue weighted by Gasteiger charge is 2.30. The third-order valence-corrected chi connectivity index (χ3v) is 5.82. The van der Waals surface area contributed by atoms with Gasteiger partial charge in [-0.3, -0.25) is 18.9 Å². The molecule has 1 amide bonds. The van der Waals surface area contributed by atoms with Crippen LogP contribution >= 0.6 is 11.6 Å². The predicted octanol–water partition coefficient (Wildman–Crippen LogP) is 0.372. The molecule has 31 heavy (non-hydrogen) atoms. The van der Waals surface area contributed by atoms with Crippen LogP contribution in [0.3, 0.4) is 0 Å². The van der Waals surface area contributed by atoms with E-state index in [9.17, 15) is 18.0 Å². The lowest BCUT2D eigenvalue weighted by molar-refractivity contribution is -0.125. The minimum atomic E-state index is -4.00. The van der Waals surface area contributed by atoms with Crippen LogP contribution in [0, 0.1) is 6.92 Å². The summed E-state index contributed by atoms with van der Waals surface area (Å²) in [6.07, 6.45) is -1.04. The van der Waals surface area contributed by atoms with Gasteiger partial charge in [-0.1, -0.05) is 29.8 Å². The summed E-state index contributed by atoms with van der Waals surface area (Å²) in [7, 11) is -4.00. The molecular weight excluding hydrogens is 448 g/mol. The molecule has 2 rings (SSSR count). The lowest BCUT2D eigenvalue weighted by Gasteiger charge is -2.24. The summed E-state index contributed by atoms with van der Waals surface area (Å²) in [6, 6.07) is 7.85. The molecule has 7 N–H and O–H groups in total. The number of oxime groups is 1. The quantitative estimate of drug-likeness (QED) is 0.231. The average Bonchev–Trinajstić information content (AvgIpc) is 2.66. The van der Waals surface area contributed by atoms with E-state index in [-0.39, 0.29) is 16.7 Å². The molecule has 0 fully saturated rings. The number of aromatic nitrogens is 1. The van der Waals surface area contributed by atoms with Gasteiger partial charge >= 0.3 is 0 Å². The molecule has 11 nitrogen and oxygen atoms in total. The van der Waals surface area contributed by atoms with Gasteiger partial charge in [0.05, 0.1) is 5.75 Å². The molecule has 13 heteroatoms. The van der Waals surface area contributed by atoms with E-state index in [0.717, 1.165) is 4.57 Å². The van der Waals surface area contributed by atoms with Crippen LogP contribution in [0.25, 0.3) is 0 Å². The summed E-state index contributed by atoms with van der Waals surface area (Å²) in [4.78, 5) is 30.2. The highest BCUT2D eigenvalue weighted by molar-refractivity contribution is 7.91. The predicted molar refractivity (Wildman–Crippen MR) is 118 cm³/mol. The van der Waals surface area contributed by atoms with E-state index >= 15 is 0 Å². The minimum Gasteiger partial charge on any atom is -0.387 e. The Bertz CT molecular complexity index is 1160. The van der Waals surface area contributed by atoms with Crippen molar-refractivity contribution < 1.29 is 18.0 Å². The molecule has 0 spiro atoms. The summed E-state index contributed by atoms with van der Waals surface area (Å²) >= 11 is 6.02. The maximum atomic E-state index is 13.0. The SMILES string of the molecule is Cc1ccc(NS(=O)(=O)Cc2ccccc2Cl)c(=O)n1C(C(N)=O)C(C)ON=C(N)N. The number of pyridine rings is 1. The number of carbonyl (C=O) groups excluding carboxylic acids is 1. The second kappa shape index (κ2) is 9.71. The van der Waals surface area contributed by atoms with Gasteiger partial charge in [-0.2, -0.15) is 0 Å². The van der Waals surface area contributed by atoms with Crippen molar-refractivity contribution in [3.8, 4) is 0 Å². The molecule has 2 aromatic rings. The van der Waals surface area contributed by atoms with Gasteiger partial charge in [0.15, 0.2) is 12.1 Å². The zero-order chi connectivity index (χ0) is 23.3. The highest BCUT2D eigenvalue weighted by Crippen LogP contribution is 2.20. The lowest BCUT2D eigenvalue weighted by atomic mass is 10.1. The van der Waals surface area contributed by atoms with Crippen molar-refractivity contribution in [1.29, 1.82) is 0 Å². The van der Waals surface area contributed by atoms with Crippen molar-refractivity contribution in [2.24, 2.45) is 22.4 Å². The minimum absolute atomic E-state index is 0.272. The Morgan fingerprint density at radius 1 is 1.23 bits per heavy atom. The number of hydrogen-bond acceptors (Lipinski definition) is 6. The zero-order valence-electron chi connectivity index (χ0n) is 16.8. The van der Waals surface area contributed by atoms with Crippen LogP contribution in [0.4, 0.5) is 5.69 Å². The first-order valence-electron chi connectivity index (χ1n) is 8.93. The van der Waals surface area contributed by atoms with Crippen molar-refractivity contribution in [3.05, 3.63) is 63.0 Å². The number of anilines is 1. The van der Waals surface area contributed by atoms with Crippen molar-refractivity contribution in [1.82, 2.24) is 4.57 Å². The molecule has 0 aliphatic heterocycles. The van der Waals surface area contributed by atoms with E-state index in [0.29, 0.717) is 11.3 Å². The Balaban J connectivity index is 2.43. The Kier molecular flexibility index (Phi) is 7.52. The molecular formula is C18H23ClN6O5S. The molecule has 2 unspecified atom stereocenters. The lowest BCUT2D eigenvalue weighted by Crippen LogP contribution is -2.42. The Hall–Kier alpha value is -3.25. The van der Waals surface area contributed by atoms with Crippen molar-refractivity contribution in [2.45, 2.75) is 31.7 Å². The fourth-order valence-electron chi connectivity index (χ4n) is 2.86. The van der Waals surface area contributed by atoms with Gasteiger partial charge in [0.1, 0.15) is 5.69 Å². The van der Waals surface area contributed by atoms with E-state index in [1.807, 2.05) is 0 Å². The molecule has 1 aromatic carbocycles. The summed E-state index contributed by atoms with van der Waals surface area (Å²) in [5.41, 5.74) is 15.5. The Morgan fingerprint density at radius 3 is 2.45 bits per heavy atom. The van der Waals surface area contributed by atoms with E-state index in [1.54, 1.807) is 31.2 Å². The Morgan fingerprint density at radius 2 is 1.87 bits per heavy atom. The van der Waals surface area contributed by atoms with E-state index < -0.39 is 39.4 Å². The summed E-state index contributed by atoms with van der Waals surface area (Å²) in [5, 5.41) is 3.65. The van der Waals surface area contributed by atoms with Gasteiger partial charge in [0.2, 0.25) is 21.9 Å². The number of carbonyl (C=O) groups is 1. The van der Waals surface area contributed by atoms with Crippen molar-refractivity contribution >= 4 is 39.2 Å². The third-order valence-electron chi connectivity index (χ3n) is 4.23. The largest absolute Gasteiger partial charge is 0.387 e. The smallest absolute Gasteiger partial charge is 0.275 e. The van der Waals surface area contributed by atoms with E-state index in [1.165, 1.54) is 19.1 Å². The number of amides is 1. The first kappa shape index (κ1) is 24.0. The van der Waals surface area contributed by atoms with E-state index in [4.69, 9.17) is 33.6 Å². The van der Waals surface area contributed by atoms with Gasteiger partial charge < -0.3 is 22.0 Å². The number of guanidine groups is 1. The number of rotatable bonds is 9. The molecule has 0 saturated carbocycles. The van der Waals surface area contributed by atoms with Crippen LogP contribution < -0.4 is 27.5 Å². The molecule has 1 heterocycles. The molecule has 0 bridgehead atoms. The Labute approximate surface area is 183 Å². The number of aryl methyl sites for hydroxylation is 1. The van der Waals surface area contributed by atoms with Crippen LogP contribution in [0.1, 0.15) is 24.2 Å². The van der Waals surface area contributed by atoms with Crippen LogP contribution in [0.5, 0.6) is 0 Å². The first-order valence-corrected chi connectivity index (χ1v) is 11.0. The summed E-state index contributed by atoms with van der Waals surface area (Å²) in [6.45, 7) is 2.98. The summed E-state index contributed by atoms with van der Waals surface area (Å²) in [5.74, 6) is -1.75. The molecule has 0 aliphatic rings. The van der Waals surface area contributed by atoms with Gasteiger partial charge in [0, 0.05) is 10.7 Å². The topological polar surface area (TPSA) is 185 Å². The molecule has 0 saturated heterocycles. The monoisotopic (exact) mass is 470 g/mol. The number of nitrogens with one attached hydrogen (secondary N) is 1. The molecule has 168 valence electrons. The number of sulfonamides is 1. The number of hydrogen-bond donors (Lipinski definition) is 4. The van der Waals surface area contributed by atoms with Crippen LogP contribution in [0.15, 0.2) is 46.3 Å². The van der Waals surface area contributed by atoms with Gasteiger partial charge in [0.25, 0.3) is 5.56 Å². The van der Waals surface area contributed by atoms with Gasteiger partial charge in [-0.25, -0.2) is 8.42 Å². The second-order valence-electron chi connectivity index (χ2n) is 6.69. The second-order valence-corrected chi connectivity index (χ2v) is 8.82. The number of nitrogens with two attached hydrogens (primary N) is 3. The average molecular weight is 471 g/mol. The maximum Gasteiger partial charge on any atom is 0.275 e. The number of halogens is 1. The molecule has 2 atom stereocenters. The molecule has 0 radical (unpaired) electrons. The normalized spacial score (nSPS) is 13.1. The highest BCUT2D eigenvalue weighted by atomic mass is 35.5. The van der Waals surface area contributed by atoms with Crippen LogP contribution in [-0.2, 0) is 25.4 Å². The molecule has 1 aromatic heterocycles. The van der Waals surface area contributed by atoms with E-state index in [2.05, 4.69) is 9.88 Å². The first-order chi connectivity index (χ1) is 14.4. The zero-order valence-corrected chi connectivity index (χ0v) is 18.4. The van der Waals surface area contributed by atoms with Crippen molar-refractivity contribution in [3.63, 3.8) is 0 Å². The number of primary amides is 1. The fraction of sp³-hybridized carbons (Fsp3) is 0.278. The van der Waals surface area contributed by atoms with Gasteiger partial charge in [-0.05, 0) is 42.8 Å². The van der Waals surface area contributed by atoms with Crippen LogP contribution in [-0.4, -0.2) is 31.0 Å². The maximum absolute atomic E-state index is 13.0. The standard InChI is InChI=1S/C18H23ClN6O5S/c1-10-7-8-14(24-31(28,29)9-12-5-3-4-6-13(12)19)17(27)25(10)15(16(20)26)11(2)30-23-18(21)22/h3-8,11,15,24H,9H2,1-2H3,(H2,20,26)(H4,21,22,23). The number of nitrogens with zero attached hydrogens (tertiary/aromatic N) is 2. The van der Waals surface area contributed by atoms with Crippen molar-refractivity contribution in [2.75, 3.05) is 4.72 Å². The molecule has 0 aliphatic carbocycles. The van der Waals surface area contributed by atoms with Gasteiger partial charge in [-0.15, -0.1) is 0 Å². The third kappa shape index (κ3) is 6.12.